The molecule has 0 amide bonds. The van der Waals surface area contributed by atoms with Crippen LogP contribution in [0.2, 0.25) is 0 Å². The van der Waals surface area contributed by atoms with Crippen molar-refractivity contribution in [3.63, 3.8) is 0 Å². The highest BCUT2D eigenvalue weighted by molar-refractivity contribution is 5.37. The van der Waals surface area contributed by atoms with Gasteiger partial charge in [-0.1, -0.05) is 29.1 Å². The largest absolute Gasteiger partial charge is 0.346 e. The fraction of sp³-hybridized carbons (Fsp3) is 0.333. The van der Waals surface area contributed by atoms with Gasteiger partial charge in [-0.25, -0.2) is 0 Å². The van der Waals surface area contributed by atoms with E-state index in [1.165, 1.54) is 0 Å². The number of hydrogen-bond donors (Lipinski definition) is 0. The number of hydrogen-bond acceptors (Lipinski definition) is 3. The third-order valence-electron chi connectivity index (χ3n) is 2.23. The van der Waals surface area contributed by atoms with E-state index in [4.69, 9.17) is 15.0 Å². The predicted octanol–water partition coefficient (Wildman–Crippen LogP) is 2.39. The van der Waals surface area contributed by atoms with E-state index in [1.54, 1.807) is 0 Å². The maximum Gasteiger partial charge on any atom is 0.184 e. The van der Waals surface area contributed by atoms with Gasteiger partial charge in [-0.2, -0.15) is 0 Å². The highest BCUT2D eigenvalue weighted by Gasteiger charge is 2.17. The van der Waals surface area contributed by atoms with Crippen LogP contribution in [0.1, 0.15) is 17.4 Å². The van der Waals surface area contributed by atoms with E-state index in [1.807, 2.05) is 24.3 Å². The zero-order valence-electron chi connectivity index (χ0n) is 9.17. The Bertz CT molecular complexity index is 492. The molecule has 17 heavy (non-hydrogen) atoms. The fourth-order valence-electron chi connectivity index (χ4n) is 1.52. The summed E-state index contributed by atoms with van der Waals surface area (Å²) in [5.74, 6) is 5.69. The summed E-state index contributed by atoms with van der Waals surface area (Å²) in [5, 5.41) is 3.34. The quantitative estimate of drug-likeness (QED) is 0.338. The van der Waals surface area contributed by atoms with Gasteiger partial charge in [0.05, 0.1) is 19.8 Å². The first-order valence-electron chi connectivity index (χ1n) is 5.23. The molecule has 0 unspecified atom stereocenters. The normalized spacial score (nSPS) is 14.8. The highest BCUT2D eigenvalue weighted by Crippen LogP contribution is 2.23. The van der Waals surface area contributed by atoms with Gasteiger partial charge >= 0.3 is 0 Å². The van der Waals surface area contributed by atoms with Crippen molar-refractivity contribution in [2.24, 2.45) is 5.11 Å². The van der Waals surface area contributed by atoms with E-state index in [0.717, 1.165) is 11.1 Å². The molecule has 0 spiro atoms. The van der Waals surface area contributed by atoms with E-state index < -0.39 is 0 Å². The average molecular weight is 229 g/mol. The van der Waals surface area contributed by atoms with E-state index in [2.05, 4.69) is 21.9 Å². The molecule has 0 atom stereocenters. The van der Waals surface area contributed by atoms with Crippen molar-refractivity contribution in [3.05, 3.63) is 45.8 Å². The summed E-state index contributed by atoms with van der Waals surface area (Å²) in [7, 11) is 0. The van der Waals surface area contributed by atoms with Gasteiger partial charge < -0.3 is 9.47 Å². The minimum Gasteiger partial charge on any atom is -0.346 e. The summed E-state index contributed by atoms with van der Waals surface area (Å²) in [6.45, 7) is 1.42. The Labute approximate surface area is 99.0 Å². The van der Waals surface area contributed by atoms with Crippen LogP contribution in [0.15, 0.2) is 29.4 Å². The van der Waals surface area contributed by atoms with Crippen molar-refractivity contribution in [1.82, 2.24) is 0 Å². The molecule has 0 radical (unpaired) electrons. The molecule has 0 saturated carbocycles. The second-order valence-electron chi connectivity index (χ2n) is 3.39. The molecule has 1 heterocycles. The smallest absolute Gasteiger partial charge is 0.184 e. The lowest BCUT2D eigenvalue weighted by atomic mass is 10.1. The van der Waals surface area contributed by atoms with Crippen LogP contribution in [-0.4, -0.2) is 19.8 Å². The minimum atomic E-state index is -0.283. The SMILES string of the molecule is [N-]=[N+]=NCC#Cc1cccc(C2OCCO2)c1. The monoisotopic (exact) mass is 229 g/mol. The summed E-state index contributed by atoms with van der Waals surface area (Å²) >= 11 is 0. The summed E-state index contributed by atoms with van der Waals surface area (Å²) in [6, 6.07) is 7.65. The van der Waals surface area contributed by atoms with Crippen LogP contribution in [0.25, 0.3) is 10.4 Å². The summed E-state index contributed by atoms with van der Waals surface area (Å²) in [4.78, 5) is 2.63. The molecule has 1 aromatic rings. The summed E-state index contributed by atoms with van der Waals surface area (Å²) < 4.78 is 10.8. The van der Waals surface area contributed by atoms with Gasteiger partial charge in [-0.05, 0) is 17.7 Å². The van der Waals surface area contributed by atoms with Crippen LogP contribution in [0.4, 0.5) is 0 Å². The van der Waals surface area contributed by atoms with Crippen molar-refractivity contribution < 1.29 is 9.47 Å². The summed E-state index contributed by atoms with van der Waals surface area (Å²) in [5.41, 5.74) is 9.92. The maximum absolute atomic E-state index is 8.11. The molecule has 1 fully saturated rings. The van der Waals surface area contributed by atoms with Crippen LogP contribution in [0.3, 0.4) is 0 Å². The molecule has 86 valence electrons. The van der Waals surface area contributed by atoms with Crippen molar-refractivity contribution >= 4 is 0 Å². The zero-order chi connectivity index (χ0) is 11.9. The summed E-state index contributed by atoms with van der Waals surface area (Å²) in [6.07, 6.45) is -0.283. The second-order valence-corrected chi connectivity index (χ2v) is 3.39. The van der Waals surface area contributed by atoms with Gasteiger partial charge in [0, 0.05) is 16.0 Å². The molecule has 0 aromatic heterocycles. The fourth-order valence-corrected chi connectivity index (χ4v) is 1.52. The molecule has 2 rings (SSSR count). The molecular weight excluding hydrogens is 218 g/mol. The molecule has 0 bridgehead atoms. The molecule has 1 aliphatic heterocycles. The first-order valence-corrected chi connectivity index (χ1v) is 5.23. The lowest BCUT2D eigenvalue weighted by Crippen LogP contribution is -1.97. The Morgan fingerprint density at radius 2 is 2.24 bits per heavy atom. The average Bonchev–Trinajstić information content (AvgIpc) is 2.89. The lowest BCUT2D eigenvalue weighted by Gasteiger charge is -2.08. The number of ether oxygens (including phenoxy) is 2. The Kier molecular flexibility index (Phi) is 4.00. The number of rotatable bonds is 2. The molecule has 1 saturated heterocycles. The van der Waals surface area contributed by atoms with Gasteiger partial charge in [0.15, 0.2) is 6.29 Å². The molecular formula is C12H11N3O2. The van der Waals surface area contributed by atoms with Crippen LogP contribution in [-0.2, 0) is 9.47 Å². The van der Waals surface area contributed by atoms with Crippen LogP contribution in [0, 0.1) is 11.8 Å². The standard InChI is InChI=1S/C12H11N3O2/c13-15-14-6-2-4-10-3-1-5-11(9-10)12-16-7-8-17-12/h1,3,5,9,12H,6-8H2. The first kappa shape index (κ1) is 11.5. The molecule has 5 heteroatoms. The lowest BCUT2D eigenvalue weighted by molar-refractivity contribution is -0.0441. The van der Waals surface area contributed by atoms with Crippen molar-refractivity contribution in [2.45, 2.75) is 6.29 Å². The zero-order valence-corrected chi connectivity index (χ0v) is 9.17. The Hall–Kier alpha value is -1.99. The Balaban J connectivity index is 2.09. The van der Waals surface area contributed by atoms with Crippen molar-refractivity contribution in [3.8, 4) is 11.8 Å². The van der Waals surface area contributed by atoms with Gasteiger partial charge in [-0.3, -0.25) is 0 Å². The topological polar surface area (TPSA) is 67.2 Å². The third-order valence-corrected chi connectivity index (χ3v) is 2.23. The maximum atomic E-state index is 8.11. The molecule has 0 aliphatic carbocycles. The van der Waals surface area contributed by atoms with Gasteiger partial charge in [0.2, 0.25) is 0 Å². The second kappa shape index (κ2) is 5.92. The van der Waals surface area contributed by atoms with Gasteiger partial charge in [0.25, 0.3) is 0 Å². The van der Waals surface area contributed by atoms with Crippen molar-refractivity contribution in [1.29, 1.82) is 0 Å². The Morgan fingerprint density at radius 1 is 1.41 bits per heavy atom. The van der Waals surface area contributed by atoms with E-state index in [0.29, 0.717) is 13.2 Å². The third kappa shape index (κ3) is 3.23. The molecule has 0 N–H and O–H groups in total. The van der Waals surface area contributed by atoms with Crippen molar-refractivity contribution in [2.75, 3.05) is 19.8 Å². The van der Waals surface area contributed by atoms with Crippen LogP contribution >= 0.6 is 0 Å². The predicted molar refractivity (Wildman–Crippen MR) is 62.0 cm³/mol. The van der Waals surface area contributed by atoms with Crippen LogP contribution in [0.5, 0.6) is 0 Å². The highest BCUT2D eigenvalue weighted by atomic mass is 16.7. The number of azide groups is 1. The first-order chi connectivity index (χ1) is 8.40. The van der Waals surface area contributed by atoms with Gasteiger partial charge in [-0.15, -0.1) is 0 Å². The van der Waals surface area contributed by atoms with E-state index >= 15 is 0 Å². The Morgan fingerprint density at radius 3 is 3.00 bits per heavy atom. The molecule has 1 aliphatic rings. The molecule has 1 aromatic carbocycles. The van der Waals surface area contributed by atoms with E-state index in [-0.39, 0.29) is 12.8 Å². The number of nitrogens with zero attached hydrogens (tertiary/aromatic N) is 3. The van der Waals surface area contributed by atoms with Crippen LogP contribution < -0.4 is 0 Å². The van der Waals surface area contributed by atoms with E-state index in [9.17, 15) is 0 Å². The number of benzene rings is 1. The minimum absolute atomic E-state index is 0.178. The van der Waals surface area contributed by atoms with Gasteiger partial charge in [0.1, 0.15) is 0 Å². The molecule has 5 nitrogen and oxygen atoms in total.